The van der Waals surface area contributed by atoms with Crippen LogP contribution in [-0.4, -0.2) is 67.5 Å². The van der Waals surface area contributed by atoms with E-state index in [4.69, 9.17) is 25.4 Å². The van der Waals surface area contributed by atoms with Crippen LogP contribution in [0.15, 0.2) is 352 Å². The zero-order valence-electron chi connectivity index (χ0n) is 67.9. The molecule has 5 aromatic heterocycles. The first-order valence-corrected chi connectivity index (χ1v) is 39.3. The zero-order chi connectivity index (χ0) is 81.9. The van der Waals surface area contributed by atoms with Crippen LogP contribution in [0.2, 0.25) is 0 Å². The molecule has 0 saturated carbocycles. The van der Waals surface area contributed by atoms with Gasteiger partial charge in [-0.25, -0.2) is 0 Å². The van der Waals surface area contributed by atoms with Gasteiger partial charge in [0.25, 0.3) is 0 Å². The molecular weight excluding hydrogens is 2020 g/mol. The van der Waals surface area contributed by atoms with E-state index in [1.165, 1.54) is 119 Å². The minimum Gasteiger partial charge on any atom is -0.513 e. The molecule has 4 N–H and O–H groups in total. The topological polar surface area (TPSA) is 171 Å². The summed E-state index contributed by atoms with van der Waals surface area (Å²) in [6, 6.07) is 115. The quantitative estimate of drug-likeness (QED) is 0.0709. The second-order valence-electron chi connectivity index (χ2n) is 30.1. The van der Waals surface area contributed by atoms with E-state index in [0.717, 1.165) is 82.9 Å². The van der Waals surface area contributed by atoms with E-state index in [1.807, 2.05) is 140 Å². The Morgan fingerprint density at radius 2 is 0.711 bits per heavy atom. The Balaban J connectivity index is 0.000000137. The predicted molar refractivity (Wildman–Crippen MR) is 484 cm³/mol. The molecule has 11 nitrogen and oxygen atoms in total. The Bertz CT molecular complexity index is 6030. The van der Waals surface area contributed by atoms with Gasteiger partial charge in [-0.3, -0.25) is 9.97 Å². The summed E-state index contributed by atoms with van der Waals surface area (Å²) in [5, 5.41) is 47.7. The second kappa shape index (κ2) is 39.7. The van der Waals surface area contributed by atoms with Crippen molar-refractivity contribution in [3.63, 3.8) is 0 Å². The van der Waals surface area contributed by atoms with Crippen molar-refractivity contribution in [3.8, 4) is 67.2 Å². The van der Waals surface area contributed by atoms with Crippen molar-refractivity contribution in [2.75, 3.05) is 0 Å². The number of pyridine rings is 3. The van der Waals surface area contributed by atoms with Crippen LogP contribution >= 0.6 is 0 Å². The maximum Gasteiger partial charge on any atom is 0.0877 e. The number of fused-ring (bicyclic) bond motifs is 20. The standard InChI is InChI=1S/C35H28N.2C16H9N2.2C15H10N.2C5H10O2.3Ir/c1-34(2)29-11-7-5-9-25(29)27-16-13-22(19-31(27)34)24-15-18-33(36-21-24)23-14-17-28-26-10-6-8-12-30(26)35(3,4)32(28)20-23;2*1-3-7-13-11(5-1)12-6-2-4-8-14(12)16-15(13)17-9-10-18-16;2*1-2-7-13(8-3-1)15-14-9-5-4-6-12(14)10-11-16-15;2*1-4(6)3-5(2)7;;;/h5-13,15-21H,1-4H3;2*1-7,9-10H;2*1-7,9-11H;2*3-4,6-7H,1-2H3;;;/q5*-1;;;;;. The van der Waals surface area contributed by atoms with Gasteiger partial charge in [0.2, 0.25) is 0 Å². The fourth-order valence-corrected chi connectivity index (χ4v) is 15.8. The molecule has 14 aromatic carbocycles. The summed E-state index contributed by atoms with van der Waals surface area (Å²) < 4.78 is 0. The van der Waals surface area contributed by atoms with Gasteiger partial charge in [0.15, 0.2) is 0 Å². The Labute approximate surface area is 746 Å². The van der Waals surface area contributed by atoms with Crippen LogP contribution in [0.1, 0.15) is 77.6 Å². The van der Waals surface area contributed by atoms with Crippen molar-refractivity contribution in [3.05, 3.63) is 405 Å². The minimum atomic E-state index is -0.537. The molecule has 0 amide bonds. The monoisotopic (exact) mass is 2110 g/mol. The van der Waals surface area contributed by atoms with Gasteiger partial charge in [-0.2, -0.15) is 0 Å². The smallest absolute Gasteiger partial charge is 0.0877 e. The SMILES string of the molecule is CC(O)=CC(C)O.CC(O)=CC(C)O.CC1(C)c2ccccc2-c2c[c-]c(-c3ccc(-c4ccc5c(c4)C(C)(C)c4ccccc4-5)cn3)cc21.[Ir].[Ir].[Ir].[c-]1cccc2c1c1nccnc1c1ccccc21.[c-]1cccc2c1c1nccnc1c1ccccc21.[c-]1ccccc1-c1nccc2ccccc12.[c-]1ccccc1-c1nccc2ccccc12. The molecule has 3 radical (unpaired) electrons. The Kier molecular flexibility index (Phi) is 28.9. The third-order valence-corrected chi connectivity index (χ3v) is 21.2. The molecule has 0 spiro atoms. The van der Waals surface area contributed by atoms with Gasteiger partial charge in [-0.05, 0) is 152 Å². The number of hydrogen-bond donors (Lipinski definition) is 4. The number of hydrogen-bond acceptors (Lipinski definition) is 11. The van der Waals surface area contributed by atoms with Crippen LogP contribution in [0.5, 0.6) is 0 Å². The normalized spacial score (nSPS) is 12.7. The summed E-state index contributed by atoms with van der Waals surface area (Å²) in [5.41, 5.74) is 23.0. The molecule has 2 aliphatic rings. The number of aliphatic hydroxyl groups is 4. The van der Waals surface area contributed by atoms with E-state index in [1.54, 1.807) is 38.6 Å². The number of aliphatic hydroxyl groups excluding tert-OH is 4. The number of rotatable bonds is 6. The van der Waals surface area contributed by atoms with Crippen LogP contribution in [-0.2, 0) is 71.1 Å². The molecule has 2 aliphatic carbocycles. The number of aromatic nitrogens is 7. The third kappa shape index (κ3) is 19.3. The van der Waals surface area contributed by atoms with E-state index >= 15 is 0 Å². The van der Waals surface area contributed by atoms with Gasteiger partial charge in [-0.1, -0.05) is 230 Å². The maximum atomic E-state index is 8.49. The molecular formula is C107H86Ir3N7O4-5. The third-order valence-electron chi connectivity index (χ3n) is 21.2. The molecule has 605 valence electrons. The average Bonchev–Trinajstić information content (AvgIpc) is 1.30. The first-order valence-electron chi connectivity index (χ1n) is 39.3. The molecule has 21 rings (SSSR count). The average molecular weight is 2110 g/mol. The fraction of sp³-hybridized carbons (Fsp3) is 0.112. The summed E-state index contributed by atoms with van der Waals surface area (Å²) in [4.78, 5) is 31.7. The largest absolute Gasteiger partial charge is 0.513 e. The number of benzene rings is 14. The predicted octanol–water partition coefficient (Wildman–Crippen LogP) is 25.4. The van der Waals surface area contributed by atoms with Gasteiger partial charge >= 0.3 is 0 Å². The molecule has 0 fully saturated rings. The molecule has 0 bridgehead atoms. The summed E-state index contributed by atoms with van der Waals surface area (Å²) in [6.45, 7) is 15.5. The molecule has 2 atom stereocenters. The fourth-order valence-electron chi connectivity index (χ4n) is 15.8. The van der Waals surface area contributed by atoms with E-state index in [-0.39, 0.29) is 82.7 Å². The maximum absolute atomic E-state index is 8.49. The van der Waals surface area contributed by atoms with Crippen LogP contribution in [0, 0.1) is 30.3 Å². The van der Waals surface area contributed by atoms with Crippen molar-refractivity contribution >= 4 is 86.7 Å². The summed E-state index contributed by atoms with van der Waals surface area (Å²) >= 11 is 0. The van der Waals surface area contributed by atoms with Gasteiger partial charge in [0.05, 0.1) is 34.8 Å². The van der Waals surface area contributed by atoms with Crippen LogP contribution < -0.4 is 0 Å². The van der Waals surface area contributed by atoms with Crippen molar-refractivity contribution in [1.82, 2.24) is 34.9 Å². The van der Waals surface area contributed by atoms with Crippen LogP contribution in [0.3, 0.4) is 0 Å². The minimum absolute atomic E-state index is 0. The summed E-state index contributed by atoms with van der Waals surface area (Å²) in [6.07, 6.45) is 14.3. The second-order valence-corrected chi connectivity index (χ2v) is 30.1. The molecule has 0 aliphatic heterocycles. The van der Waals surface area contributed by atoms with Crippen molar-refractivity contribution in [2.24, 2.45) is 0 Å². The Morgan fingerprint density at radius 1 is 0.322 bits per heavy atom. The molecule has 19 aromatic rings. The first kappa shape index (κ1) is 88.0. The molecule has 5 heterocycles. The van der Waals surface area contributed by atoms with Crippen molar-refractivity contribution in [1.29, 1.82) is 0 Å². The molecule has 14 heteroatoms. The summed E-state index contributed by atoms with van der Waals surface area (Å²) in [5.74, 6) is 0.324. The van der Waals surface area contributed by atoms with Gasteiger partial charge in [0.1, 0.15) is 0 Å². The number of allylic oxidation sites excluding steroid dienone is 2. The van der Waals surface area contributed by atoms with Crippen molar-refractivity contribution < 1.29 is 80.7 Å². The Morgan fingerprint density at radius 3 is 1.15 bits per heavy atom. The zero-order valence-corrected chi connectivity index (χ0v) is 75.1. The summed E-state index contributed by atoms with van der Waals surface area (Å²) in [7, 11) is 0. The van der Waals surface area contributed by atoms with Crippen LogP contribution in [0.25, 0.3) is 154 Å². The molecule has 121 heavy (non-hydrogen) atoms. The van der Waals surface area contributed by atoms with E-state index in [2.05, 4.69) is 252 Å². The van der Waals surface area contributed by atoms with E-state index in [0.29, 0.717) is 0 Å². The Hall–Kier alpha value is -12.3. The van der Waals surface area contributed by atoms with Gasteiger partial charge < -0.3 is 45.3 Å². The number of nitrogens with zero attached hydrogens (tertiary/aromatic N) is 7. The van der Waals surface area contributed by atoms with Gasteiger partial charge in [0, 0.05) is 120 Å². The van der Waals surface area contributed by atoms with Crippen molar-refractivity contribution in [2.45, 2.75) is 78.4 Å². The van der Waals surface area contributed by atoms with E-state index < -0.39 is 12.2 Å². The molecule has 0 saturated heterocycles. The molecule has 2 unspecified atom stereocenters. The van der Waals surface area contributed by atoms with Gasteiger partial charge in [-0.15, -0.1) is 160 Å². The first-order chi connectivity index (χ1) is 57.4. The van der Waals surface area contributed by atoms with Crippen LogP contribution in [0.4, 0.5) is 0 Å². The van der Waals surface area contributed by atoms with E-state index in [9.17, 15) is 0 Å².